The van der Waals surface area contributed by atoms with Gasteiger partial charge in [-0.2, -0.15) is 0 Å². The predicted octanol–water partition coefficient (Wildman–Crippen LogP) is 0.416. The molecule has 4 nitrogen and oxygen atoms in total. The van der Waals surface area contributed by atoms with E-state index >= 15 is 0 Å². The van der Waals surface area contributed by atoms with Crippen molar-refractivity contribution in [3.63, 3.8) is 0 Å². The average molecular weight is 203 g/mol. The quantitative estimate of drug-likeness (QED) is 0.551. The lowest BCUT2D eigenvalue weighted by Crippen LogP contribution is -2.34. The molecule has 1 aliphatic rings. The molecule has 1 N–H and O–H groups in total. The smallest absolute Gasteiger partial charge is 0.0933 e. The van der Waals surface area contributed by atoms with Crippen LogP contribution in [-0.4, -0.2) is 52.7 Å². The molecule has 0 aromatic carbocycles. The molecule has 0 aromatic heterocycles. The minimum atomic E-state index is 0.149. The van der Waals surface area contributed by atoms with Gasteiger partial charge in [-0.3, -0.25) is 0 Å². The van der Waals surface area contributed by atoms with Gasteiger partial charge in [0.2, 0.25) is 0 Å². The summed E-state index contributed by atoms with van der Waals surface area (Å²) < 4.78 is 15.6. The van der Waals surface area contributed by atoms with Crippen molar-refractivity contribution in [2.75, 3.05) is 40.6 Å². The zero-order chi connectivity index (χ0) is 10.2. The molecular weight excluding hydrogens is 182 g/mol. The van der Waals surface area contributed by atoms with Crippen LogP contribution in [0.3, 0.4) is 0 Å². The van der Waals surface area contributed by atoms with E-state index in [0.717, 1.165) is 12.6 Å². The van der Waals surface area contributed by atoms with Crippen molar-refractivity contribution in [2.24, 2.45) is 0 Å². The Hall–Kier alpha value is -0.160. The van der Waals surface area contributed by atoms with E-state index in [1.165, 1.54) is 12.8 Å². The van der Waals surface area contributed by atoms with Crippen molar-refractivity contribution >= 4 is 0 Å². The molecule has 1 saturated carbocycles. The highest BCUT2D eigenvalue weighted by molar-refractivity contribution is 4.82. The third-order valence-corrected chi connectivity index (χ3v) is 2.21. The molecule has 1 fully saturated rings. The lowest BCUT2D eigenvalue weighted by Gasteiger charge is -2.17. The zero-order valence-corrected chi connectivity index (χ0v) is 9.12. The highest BCUT2D eigenvalue weighted by atomic mass is 16.5. The van der Waals surface area contributed by atoms with E-state index in [1.807, 2.05) is 0 Å². The summed E-state index contributed by atoms with van der Waals surface area (Å²) in [7, 11) is 3.38. The molecule has 0 saturated heterocycles. The summed E-state index contributed by atoms with van der Waals surface area (Å²) in [4.78, 5) is 0. The van der Waals surface area contributed by atoms with Crippen molar-refractivity contribution in [2.45, 2.75) is 25.0 Å². The van der Waals surface area contributed by atoms with Gasteiger partial charge in [-0.05, 0) is 12.8 Å². The van der Waals surface area contributed by atoms with E-state index in [4.69, 9.17) is 14.2 Å². The third kappa shape index (κ3) is 5.54. The number of rotatable bonds is 9. The number of hydrogen-bond acceptors (Lipinski definition) is 4. The molecule has 0 spiro atoms. The van der Waals surface area contributed by atoms with Crippen LogP contribution in [0.25, 0.3) is 0 Å². The van der Waals surface area contributed by atoms with Crippen LogP contribution in [0.1, 0.15) is 12.8 Å². The minimum Gasteiger partial charge on any atom is -0.382 e. The Kier molecular flexibility index (Phi) is 6.10. The van der Waals surface area contributed by atoms with Gasteiger partial charge in [0.15, 0.2) is 0 Å². The SMILES string of the molecule is COCCOC(CNC1CC1)COC. The molecule has 1 rings (SSSR count). The van der Waals surface area contributed by atoms with E-state index in [2.05, 4.69) is 5.32 Å². The molecular formula is C10H21NO3. The lowest BCUT2D eigenvalue weighted by atomic mass is 10.3. The fourth-order valence-corrected chi connectivity index (χ4v) is 1.24. The van der Waals surface area contributed by atoms with Crippen molar-refractivity contribution in [1.82, 2.24) is 5.32 Å². The Morgan fingerprint density at radius 1 is 1.21 bits per heavy atom. The second-order valence-corrected chi connectivity index (χ2v) is 3.62. The monoisotopic (exact) mass is 203 g/mol. The van der Waals surface area contributed by atoms with E-state index in [0.29, 0.717) is 19.8 Å². The zero-order valence-electron chi connectivity index (χ0n) is 9.12. The van der Waals surface area contributed by atoms with Gasteiger partial charge in [0.1, 0.15) is 0 Å². The lowest BCUT2D eigenvalue weighted by molar-refractivity contribution is -0.0206. The first kappa shape index (κ1) is 11.9. The first-order valence-electron chi connectivity index (χ1n) is 5.19. The first-order valence-corrected chi connectivity index (χ1v) is 5.19. The fraction of sp³-hybridized carbons (Fsp3) is 1.00. The second kappa shape index (κ2) is 7.17. The predicted molar refractivity (Wildman–Crippen MR) is 54.5 cm³/mol. The molecule has 14 heavy (non-hydrogen) atoms. The van der Waals surface area contributed by atoms with E-state index in [9.17, 15) is 0 Å². The van der Waals surface area contributed by atoms with Gasteiger partial charge in [0, 0.05) is 26.8 Å². The van der Waals surface area contributed by atoms with E-state index in [-0.39, 0.29) is 6.10 Å². The minimum absolute atomic E-state index is 0.149. The molecule has 0 aromatic rings. The summed E-state index contributed by atoms with van der Waals surface area (Å²) in [6.45, 7) is 2.80. The van der Waals surface area contributed by atoms with Crippen molar-refractivity contribution in [3.8, 4) is 0 Å². The number of hydrogen-bond donors (Lipinski definition) is 1. The Bertz CT molecular complexity index is 139. The Morgan fingerprint density at radius 2 is 2.00 bits per heavy atom. The Labute approximate surface area is 85.9 Å². The summed E-state index contributed by atoms with van der Waals surface area (Å²) in [6, 6.07) is 0.723. The summed E-state index contributed by atoms with van der Waals surface area (Å²) >= 11 is 0. The average Bonchev–Trinajstić information content (AvgIpc) is 2.98. The fourth-order valence-electron chi connectivity index (χ4n) is 1.24. The van der Waals surface area contributed by atoms with Crippen molar-refractivity contribution < 1.29 is 14.2 Å². The van der Waals surface area contributed by atoms with Crippen LogP contribution in [-0.2, 0) is 14.2 Å². The Balaban J connectivity index is 2.02. The van der Waals surface area contributed by atoms with Gasteiger partial charge in [-0.1, -0.05) is 0 Å². The molecule has 0 radical (unpaired) electrons. The van der Waals surface area contributed by atoms with Crippen molar-refractivity contribution in [1.29, 1.82) is 0 Å². The summed E-state index contributed by atoms with van der Waals surface area (Å²) in [5.41, 5.74) is 0. The summed E-state index contributed by atoms with van der Waals surface area (Å²) in [6.07, 6.45) is 2.76. The maximum Gasteiger partial charge on any atom is 0.0933 e. The highest BCUT2D eigenvalue weighted by Crippen LogP contribution is 2.18. The van der Waals surface area contributed by atoms with Crippen LogP contribution in [0.4, 0.5) is 0 Å². The topological polar surface area (TPSA) is 39.7 Å². The number of nitrogens with one attached hydrogen (secondary N) is 1. The van der Waals surface area contributed by atoms with Crippen LogP contribution in [0, 0.1) is 0 Å². The highest BCUT2D eigenvalue weighted by Gasteiger charge is 2.21. The van der Waals surface area contributed by atoms with Crippen LogP contribution < -0.4 is 5.32 Å². The second-order valence-electron chi connectivity index (χ2n) is 3.62. The molecule has 0 heterocycles. The van der Waals surface area contributed by atoms with Crippen LogP contribution >= 0.6 is 0 Å². The largest absolute Gasteiger partial charge is 0.382 e. The van der Waals surface area contributed by atoms with Crippen LogP contribution in [0.2, 0.25) is 0 Å². The van der Waals surface area contributed by atoms with Gasteiger partial charge < -0.3 is 19.5 Å². The third-order valence-electron chi connectivity index (χ3n) is 2.21. The molecule has 1 aliphatic carbocycles. The molecule has 1 unspecified atom stereocenters. The maximum absolute atomic E-state index is 5.59. The Morgan fingerprint density at radius 3 is 2.57 bits per heavy atom. The molecule has 0 amide bonds. The summed E-state index contributed by atoms with van der Waals surface area (Å²) in [5, 5.41) is 3.42. The van der Waals surface area contributed by atoms with Gasteiger partial charge >= 0.3 is 0 Å². The first-order chi connectivity index (χ1) is 6.86. The van der Waals surface area contributed by atoms with Gasteiger partial charge in [0.25, 0.3) is 0 Å². The van der Waals surface area contributed by atoms with Gasteiger partial charge in [-0.25, -0.2) is 0 Å². The standard InChI is InChI=1S/C10H21NO3/c1-12-5-6-14-10(8-13-2)7-11-9-3-4-9/h9-11H,3-8H2,1-2H3. The van der Waals surface area contributed by atoms with Gasteiger partial charge in [0.05, 0.1) is 25.9 Å². The molecule has 0 bridgehead atoms. The molecule has 4 heteroatoms. The molecule has 1 atom stereocenters. The molecule has 0 aliphatic heterocycles. The van der Waals surface area contributed by atoms with Crippen LogP contribution in [0.15, 0.2) is 0 Å². The number of methoxy groups -OCH3 is 2. The molecule has 84 valence electrons. The van der Waals surface area contributed by atoms with E-state index in [1.54, 1.807) is 14.2 Å². The summed E-state index contributed by atoms with van der Waals surface area (Å²) in [5.74, 6) is 0. The normalized spacial score (nSPS) is 18.4. The van der Waals surface area contributed by atoms with Gasteiger partial charge in [-0.15, -0.1) is 0 Å². The van der Waals surface area contributed by atoms with E-state index < -0.39 is 0 Å². The van der Waals surface area contributed by atoms with Crippen LogP contribution in [0.5, 0.6) is 0 Å². The van der Waals surface area contributed by atoms with Crippen molar-refractivity contribution in [3.05, 3.63) is 0 Å². The number of ether oxygens (including phenoxy) is 3. The maximum atomic E-state index is 5.59.